The average Bonchev–Trinajstić information content (AvgIpc) is 2.38. The molecule has 14 heavy (non-hydrogen) atoms. The minimum absolute atomic E-state index is 0. The van der Waals surface area contributed by atoms with Gasteiger partial charge in [0.15, 0.2) is 0 Å². The van der Waals surface area contributed by atoms with E-state index >= 15 is 0 Å². The van der Waals surface area contributed by atoms with Gasteiger partial charge in [0, 0.05) is 13.0 Å². The zero-order valence-electron chi connectivity index (χ0n) is 9.06. The van der Waals surface area contributed by atoms with E-state index in [9.17, 15) is 13.2 Å². The average molecular weight is 235 g/mol. The van der Waals surface area contributed by atoms with Gasteiger partial charge in [0.2, 0.25) is 5.91 Å². The van der Waals surface area contributed by atoms with Crippen LogP contribution in [0.3, 0.4) is 0 Å². The van der Waals surface area contributed by atoms with Crippen LogP contribution in [0.15, 0.2) is 0 Å². The Kier molecular flexibility index (Phi) is 10.3. The number of rotatable bonds is 2. The maximum absolute atomic E-state index is 10.1. The second-order valence-electron chi connectivity index (χ2n) is 2.46. The van der Waals surface area contributed by atoms with Gasteiger partial charge in [-0.15, -0.1) is 0 Å². The quantitative estimate of drug-likeness (QED) is 0.333. The largest absolute Gasteiger partial charge is 1.00 e. The minimum Gasteiger partial charge on any atom is -1.00 e. The summed E-state index contributed by atoms with van der Waals surface area (Å²) >= 11 is 0. The summed E-state index contributed by atoms with van der Waals surface area (Å²) < 4.78 is 27.1. The van der Waals surface area contributed by atoms with Crippen LogP contribution in [0.5, 0.6) is 0 Å². The van der Waals surface area contributed by atoms with Gasteiger partial charge in [-0.2, -0.15) is 8.42 Å². The first kappa shape index (κ1) is 16.8. The van der Waals surface area contributed by atoms with Crippen molar-refractivity contribution in [2.24, 2.45) is 0 Å². The van der Waals surface area contributed by atoms with E-state index in [0.29, 0.717) is 0 Å². The van der Waals surface area contributed by atoms with Crippen LogP contribution in [0.25, 0.3) is 0 Å². The number of carbonyl (C=O) groups is 1. The van der Waals surface area contributed by atoms with Crippen LogP contribution in [0.4, 0.5) is 0 Å². The fourth-order valence-corrected chi connectivity index (χ4v) is 0.911. The molecule has 1 aliphatic rings. The molecule has 0 radical (unpaired) electrons. The number of nitrogens with one attached hydrogen (secondary N) is 1. The standard InChI is InChI=1S/C4H7NO.C2H6O4S.Na.H/c6-4-2-1-3-5-4;3-1-2-7(4,5)6;;/h1-3H2,(H,5,6);3H,1-2H2,(H,4,5,6);;/q;;+1;-1. The van der Waals surface area contributed by atoms with Gasteiger partial charge in [-0.05, 0) is 6.42 Å². The molecule has 0 spiro atoms. The van der Waals surface area contributed by atoms with Gasteiger partial charge in [0.25, 0.3) is 10.1 Å². The van der Waals surface area contributed by atoms with E-state index in [-0.39, 0.29) is 36.9 Å². The number of hydrogen-bond acceptors (Lipinski definition) is 4. The molecule has 1 rings (SSSR count). The molecule has 0 saturated carbocycles. The van der Waals surface area contributed by atoms with E-state index in [1.165, 1.54) is 0 Å². The van der Waals surface area contributed by atoms with Crippen molar-refractivity contribution in [1.82, 2.24) is 5.32 Å². The smallest absolute Gasteiger partial charge is 1.00 e. The van der Waals surface area contributed by atoms with Crippen molar-refractivity contribution in [3.05, 3.63) is 0 Å². The zero-order valence-corrected chi connectivity index (χ0v) is 10.9. The first-order valence-corrected chi connectivity index (χ1v) is 5.39. The molecule has 1 heterocycles. The summed E-state index contributed by atoms with van der Waals surface area (Å²) in [6, 6.07) is 0. The molecule has 0 aliphatic carbocycles. The van der Waals surface area contributed by atoms with Crippen LogP contribution in [-0.4, -0.2) is 42.9 Å². The monoisotopic (exact) mass is 235 g/mol. The summed E-state index contributed by atoms with van der Waals surface area (Å²) in [6.45, 7) is 0.359. The van der Waals surface area contributed by atoms with Gasteiger partial charge in [-0.3, -0.25) is 9.35 Å². The van der Waals surface area contributed by atoms with Gasteiger partial charge in [-0.1, -0.05) is 0 Å². The summed E-state index contributed by atoms with van der Waals surface area (Å²) in [7, 11) is -3.92. The van der Waals surface area contributed by atoms with E-state index in [4.69, 9.17) is 9.66 Å². The third-order valence-corrected chi connectivity index (χ3v) is 1.95. The topological polar surface area (TPSA) is 104 Å². The molecule has 8 heteroatoms. The molecule has 1 aliphatic heterocycles. The molecule has 1 saturated heterocycles. The molecular formula is C6H14NNaO5S. The fourth-order valence-electron chi connectivity index (χ4n) is 0.681. The summed E-state index contributed by atoms with van der Waals surface area (Å²) in [5.41, 5.74) is 0. The van der Waals surface area contributed by atoms with Gasteiger partial charge >= 0.3 is 29.6 Å². The van der Waals surface area contributed by atoms with Crippen LogP contribution in [0.1, 0.15) is 14.3 Å². The molecule has 1 amide bonds. The second-order valence-corrected chi connectivity index (χ2v) is 4.04. The number of hydrogen-bond donors (Lipinski definition) is 3. The predicted molar refractivity (Wildman–Crippen MR) is 46.9 cm³/mol. The molecule has 1 fully saturated rings. The number of aliphatic hydroxyl groups is 1. The van der Waals surface area contributed by atoms with E-state index in [2.05, 4.69) is 5.32 Å². The maximum atomic E-state index is 10.1. The van der Waals surface area contributed by atoms with Crippen LogP contribution >= 0.6 is 0 Å². The van der Waals surface area contributed by atoms with Crippen molar-refractivity contribution >= 4 is 16.0 Å². The molecular weight excluding hydrogens is 221 g/mol. The number of aliphatic hydroxyl groups excluding tert-OH is 1. The summed E-state index contributed by atoms with van der Waals surface area (Å²) in [5, 5.41) is 10.5. The first-order valence-electron chi connectivity index (χ1n) is 3.78. The van der Waals surface area contributed by atoms with Crippen molar-refractivity contribution < 1.29 is 53.9 Å². The Bertz CT molecular complexity index is 250. The van der Waals surface area contributed by atoms with Crippen molar-refractivity contribution in [1.29, 1.82) is 0 Å². The second kappa shape index (κ2) is 8.63. The van der Waals surface area contributed by atoms with Crippen molar-refractivity contribution in [2.75, 3.05) is 18.9 Å². The third kappa shape index (κ3) is 12.3. The molecule has 0 aromatic rings. The molecule has 80 valence electrons. The van der Waals surface area contributed by atoms with Crippen LogP contribution in [0, 0.1) is 0 Å². The molecule has 3 N–H and O–H groups in total. The Morgan fingerprint density at radius 3 is 2.14 bits per heavy atom. The number of amides is 1. The van der Waals surface area contributed by atoms with Gasteiger partial charge in [-0.25, -0.2) is 0 Å². The summed E-state index contributed by atoms with van der Waals surface area (Å²) in [6.07, 6.45) is 1.76. The van der Waals surface area contributed by atoms with Crippen LogP contribution < -0.4 is 34.9 Å². The van der Waals surface area contributed by atoms with Crippen molar-refractivity contribution in [3.8, 4) is 0 Å². The summed E-state index contributed by atoms with van der Waals surface area (Å²) in [5.74, 6) is -0.373. The molecule has 6 nitrogen and oxygen atoms in total. The molecule has 0 bridgehead atoms. The molecule has 0 unspecified atom stereocenters. The Morgan fingerprint density at radius 1 is 1.50 bits per heavy atom. The minimum atomic E-state index is -3.92. The Hall–Kier alpha value is 0.340. The normalized spacial score (nSPS) is 14.9. The fraction of sp³-hybridized carbons (Fsp3) is 0.833. The van der Waals surface area contributed by atoms with Crippen molar-refractivity contribution in [2.45, 2.75) is 12.8 Å². The molecule has 0 atom stereocenters. The van der Waals surface area contributed by atoms with Crippen molar-refractivity contribution in [3.63, 3.8) is 0 Å². The number of carbonyl (C=O) groups excluding carboxylic acids is 1. The molecule has 0 aromatic carbocycles. The van der Waals surface area contributed by atoms with Gasteiger partial charge in [0.05, 0.1) is 12.4 Å². The molecule has 0 aromatic heterocycles. The van der Waals surface area contributed by atoms with Crippen LogP contribution in [0.2, 0.25) is 0 Å². The zero-order chi connectivity index (χ0) is 10.3. The SMILES string of the molecule is O=C1CCCN1.O=S(=O)(O)CCO.[H-].[Na+]. The predicted octanol–water partition coefficient (Wildman–Crippen LogP) is -4.12. The summed E-state index contributed by atoms with van der Waals surface area (Å²) in [4.78, 5) is 10.1. The van der Waals surface area contributed by atoms with E-state index < -0.39 is 22.5 Å². The maximum Gasteiger partial charge on any atom is 1.00 e. The Labute approximate surface area is 107 Å². The third-order valence-electron chi connectivity index (χ3n) is 1.25. The van der Waals surface area contributed by atoms with Gasteiger partial charge in [0.1, 0.15) is 0 Å². The van der Waals surface area contributed by atoms with E-state index in [1.54, 1.807) is 0 Å². The van der Waals surface area contributed by atoms with Gasteiger partial charge < -0.3 is 11.8 Å². The van der Waals surface area contributed by atoms with Crippen LogP contribution in [-0.2, 0) is 14.9 Å². The Balaban J connectivity index is -0.000000170. The van der Waals surface area contributed by atoms with E-state index in [0.717, 1.165) is 19.4 Å². The Morgan fingerprint density at radius 2 is 2.07 bits per heavy atom. The first-order chi connectivity index (χ1) is 5.95. The van der Waals surface area contributed by atoms with E-state index in [1.807, 2.05) is 0 Å².